The highest BCUT2D eigenvalue weighted by Crippen LogP contribution is 2.46. The molecule has 1 aliphatic heterocycles. The molecule has 2 nitrogen and oxygen atoms in total. The summed E-state index contributed by atoms with van der Waals surface area (Å²) in [5, 5.41) is 4.65. The maximum atomic E-state index is 11.5. The highest BCUT2D eigenvalue weighted by atomic mass is 32.2. The van der Waals surface area contributed by atoms with Crippen molar-refractivity contribution in [3.05, 3.63) is 60.8 Å². The summed E-state index contributed by atoms with van der Waals surface area (Å²) >= 11 is 2.11. The topological polar surface area (TPSA) is 29.1 Å². The number of carbonyl (C=O) groups is 1. The van der Waals surface area contributed by atoms with E-state index in [2.05, 4.69) is 84.8 Å². The van der Waals surface area contributed by atoms with E-state index in [-0.39, 0.29) is 5.91 Å². The zero-order valence-corrected chi connectivity index (χ0v) is 18.2. The van der Waals surface area contributed by atoms with Crippen LogP contribution >= 0.6 is 11.8 Å². The number of rotatable bonds is 15. The first-order valence-corrected chi connectivity index (χ1v) is 11.9. The Morgan fingerprint density at radius 1 is 0.821 bits per heavy atom. The van der Waals surface area contributed by atoms with Crippen molar-refractivity contribution >= 4 is 17.7 Å². The van der Waals surface area contributed by atoms with Crippen LogP contribution in [0, 0.1) is 0 Å². The number of amides is 1. The molecule has 2 rings (SSSR count). The monoisotopic (exact) mass is 399 g/mol. The summed E-state index contributed by atoms with van der Waals surface area (Å²) in [6.45, 7) is 2.17. The second kappa shape index (κ2) is 14.5. The molecule has 1 heterocycles. The fourth-order valence-corrected chi connectivity index (χ4v) is 3.92. The van der Waals surface area contributed by atoms with Gasteiger partial charge >= 0.3 is 0 Å². The van der Waals surface area contributed by atoms with Gasteiger partial charge in [0.25, 0.3) is 0 Å². The molecule has 2 aliphatic rings. The van der Waals surface area contributed by atoms with E-state index in [0.717, 1.165) is 55.4 Å². The molecule has 2 unspecified atom stereocenters. The first kappa shape index (κ1) is 22.8. The number of thioether (sulfide) groups is 1. The van der Waals surface area contributed by atoms with Gasteiger partial charge in [0.05, 0.1) is 0 Å². The van der Waals surface area contributed by atoms with Gasteiger partial charge in [-0.3, -0.25) is 4.79 Å². The molecule has 154 valence electrons. The van der Waals surface area contributed by atoms with Gasteiger partial charge in [-0.15, -0.1) is 0 Å². The highest BCUT2D eigenvalue weighted by Gasteiger charge is 2.35. The number of hydrogen-bond donors (Lipinski definition) is 1. The number of hydrogen-bond acceptors (Lipinski definition) is 2. The van der Waals surface area contributed by atoms with Crippen LogP contribution in [-0.2, 0) is 4.79 Å². The van der Waals surface area contributed by atoms with Crippen molar-refractivity contribution in [1.82, 2.24) is 5.32 Å². The fourth-order valence-electron chi connectivity index (χ4n) is 2.89. The van der Waals surface area contributed by atoms with Crippen LogP contribution in [0.4, 0.5) is 0 Å². The van der Waals surface area contributed by atoms with Crippen LogP contribution in [0.25, 0.3) is 0 Å². The maximum absolute atomic E-state index is 11.5. The largest absolute Gasteiger partial charge is 0.353 e. The average molecular weight is 400 g/mol. The minimum absolute atomic E-state index is 0.202. The van der Waals surface area contributed by atoms with Gasteiger partial charge < -0.3 is 5.32 Å². The van der Waals surface area contributed by atoms with E-state index in [1.807, 2.05) is 0 Å². The summed E-state index contributed by atoms with van der Waals surface area (Å²) < 4.78 is 0. The molecule has 2 atom stereocenters. The standard InChI is InChI=1S/C25H37NOS/c1-2-3-4-5-6-7-8-11-14-17-23-24(28-23)18-15-12-9-10-13-16-19-25(27)26-22-20-21-22/h3-4,6-7,10-15,22-24H,2,5,8-9,16-21H2,1H3,(H,26,27)/b4-3-,7-6-,13-10-,14-11-,15-12-. The molecule has 28 heavy (non-hydrogen) atoms. The highest BCUT2D eigenvalue weighted by molar-refractivity contribution is 8.07. The molecule has 1 amide bonds. The Hall–Kier alpha value is -1.48. The molecule has 1 saturated carbocycles. The SMILES string of the molecule is CC/C=C\C/C=C\C/C=C\CC1SC1C/C=C\C/C=C\CCC(=O)NC1CC1. The van der Waals surface area contributed by atoms with Gasteiger partial charge in [0.15, 0.2) is 0 Å². The Labute approximate surface area is 176 Å². The molecule has 0 aromatic rings. The Bertz CT molecular complexity index is 583. The summed E-state index contributed by atoms with van der Waals surface area (Å²) in [5.41, 5.74) is 0. The van der Waals surface area contributed by atoms with Gasteiger partial charge in [0, 0.05) is 23.0 Å². The Morgan fingerprint density at radius 2 is 1.36 bits per heavy atom. The lowest BCUT2D eigenvalue weighted by Crippen LogP contribution is -2.24. The van der Waals surface area contributed by atoms with Crippen LogP contribution < -0.4 is 5.32 Å². The van der Waals surface area contributed by atoms with Gasteiger partial charge in [0.2, 0.25) is 5.91 Å². The lowest BCUT2D eigenvalue weighted by atomic mass is 10.1. The van der Waals surface area contributed by atoms with Gasteiger partial charge in [-0.25, -0.2) is 0 Å². The molecule has 0 radical (unpaired) electrons. The van der Waals surface area contributed by atoms with Crippen LogP contribution in [0.3, 0.4) is 0 Å². The zero-order chi connectivity index (χ0) is 19.9. The molecule has 0 aromatic heterocycles. The second-order valence-corrected chi connectivity index (χ2v) is 9.02. The van der Waals surface area contributed by atoms with Crippen molar-refractivity contribution < 1.29 is 4.79 Å². The van der Waals surface area contributed by atoms with Crippen LogP contribution in [-0.4, -0.2) is 22.4 Å². The van der Waals surface area contributed by atoms with Crippen LogP contribution in [0.2, 0.25) is 0 Å². The lowest BCUT2D eigenvalue weighted by molar-refractivity contribution is -0.121. The van der Waals surface area contributed by atoms with E-state index < -0.39 is 0 Å². The molecule has 0 spiro atoms. The van der Waals surface area contributed by atoms with Crippen molar-refractivity contribution in [2.75, 3.05) is 0 Å². The van der Waals surface area contributed by atoms with Gasteiger partial charge in [-0.1, -0.05) is 67.7 Å². The maximum Gasteiger partial charge on any atom is 0.220 e. The van der Waals surface area contributed by atoms with Crippen molar-refractivity contribution in [3.8, 4) is 0 Å². The smallest absolute Gasteiger partial charge is 0.220 e. The molecule has 2 fully saturated rings. The molecule has 0 aromatic carbocycles. The summed E-state index contributed by atoms with van der Waals surface area (Å²) in [6, 6.07) is 0.480. The van der Waals surface area contributed by atoms with Crippen molar-refractivity contribution in [1.29, 1.82) is 0 Å². The van der Waals surface area contributed by atoms with E-state index in [9.17, 15) is 4.79 Å². The van der Waals surface area contributed by atoms with Crippen molar-refractivity contribution in [2.24, 2.45) is 0 Å². The molecule has 1 aliphatic carbocycles. The lowest BCUT2D eigenvalue weighted by Gasteiger charge is -1.99. The van der Waals surface area contributed by atoms with E-state index in [1.165, 1.54) is 12.8 Å². The Balaban J connectivity index is 1.40. The van der Waals surface area contributed by atoms with E-state index in [4.69, 9.17) is 0 Å². The average Bonchev–Trinajstić information content (AvgIpc) is 3.60. The van der Waals surface area contributed by atoms with Gasteiger partial charge in [-0.05, 0) is 57.8 Å². The first-order chi connectivity index (χ1) is 13.8. The third-order valence-corrected chi connectivity index (χ3v) is 6.22. The van der Waals surface area contributed by atoms with Crippen molar-refractivity contribution in [2.45, 2.75) is 87.7 Å². The molecule has 0 bridgehead atoms. The molecular formula is C25H37NOS. The van der Waals surface area contributed by atoms with Gasteiger partial charge in [-0.2, -0.15) is 11.8 Å². The second-order valence-electron chi connectivity index (χ2n) is 7.54. The first-order valence-electron chi connectivity index (χ1n) is 11.0. The predicted octanol–water partition coefficient (Wildman–Crippen LogP) is 6.67. The molecule has 1 N–H and O–H groups in total. The van der Waals surface area contributed by atoms with Crippen molar-refractivity contribution in [3.63, 3.8) is 0 Å². The number of allylic oxidation sites excluding steroid dienone is 10. The van der Waals surface area contributed by atoms with Crippen LogP contribution in [0.5, 0.6) is 0 Å². The zero-order valence-electron chi connectivity index (χ0n) is 17.4. The van der Waals surface area contributed by atoms with Crippen LogP contribution in [0.1, 0.15) is 71.1 Å². The normalized spacial score (nSPS) is 22.5. The minimum atomic E-state index is 0.202. The summed E-state index contributed by atoms with van der Waals surface area (Å²) in [7, 11) is 0. The fraction of sp³-hybridized carbons (Fsp3) is 0.560. The quantitative estimate of drug-likeness (QED) is 0.246. The minimum Gasteiger partial charge on any atom is -0.353 e. The van der Waals surface area contributed by atoms with E-state index in [0.29, 0.717) is 12.5 Å². The molecule has 3 heteroatoms. The predicted molar refractivity (Wildman–Crippen MR) is 125 cm³/mol. The summed E-state index contributed by atoms with van der Waals surface area (Å²) in [6.07, 6.45) is 32.8. The Kier molecular flexibility index (Phi) is 11.8. The van der Waals surface area contributed by atoms with E-state index in [1.54, 1.807) is 0 Å². The summed E-state index contributed by atoms with van der Waals surface area (Å²) in [5.74, 6) is 0.202. The van der Waals surface area contributed by atoms with Gasteiger partial charge in [0.1, 0.15) is 0 Å². The van der Waals surface area contributed by atoms with Crippen LogP contribution in [0.15, 0.2) is 60.8 Å². The Morgan fingerprint density at radius 3 is 1.93 bits per heavy atom. The van der Waals surface area contributed by atoms with E-state index >= 15 is 0 Å². The number of carbonyl (C=O) groups excluding carboxylic acids is 1. The number of nitrogens with one attached hydrogen (secondary N) is 1. The third kappa shape index (κ3) is 12.1. The molecular weight excluding hydrogens is 362 g/mol. The third-order valence-electron chi connectivity index (χ3n) is 4.79. The molecule has 1 saturated heterocycles. The summed E-state index contributed by atoms with van der Waals surface area (Å²) in [4.78, 5) is 11.5.